The first-order valence-corrected chi connectivity index (χ1v) is 12.7. The lowest BCUT2D eigenvalue weighted by molar-refractivity contribution is 0.0980. The van der Waals surface area contributed by atoms with Gasteiger partial charge in [0.15, 0.2) is 5.78 Å². The van der Waals surface area contributed by atoms with Crippen LogP contribution in [-0.2, 0) is 17.7 Å². The summed E-state index contributed by atoms with van der Waals surface area (Å²) in [6.07, 6.45) is 7.22. The van der Waals surface area contributed by atoms with Gasteiger partial charge in [0.25, 0.3) is 0 Å². The number of ether oxygens (including phenoxy) is 1. The van der Waals surface area contributed by atoms with E-state index in [2.05, 4.69) is 38.8 Å². The molecule has 1 N–H and O–H groups in total. The van der Waals surface area contributed by atoms with Crippen molar-refractivity contribution in [2.45, 2.75) is 51.7 Å². The highest BCUT2D eigenvalue weighted by Crippen LogP contribution is 2.32. The summed E-state index contributed by atoms with van der Waals surface area (Å²) in [6.45, 7) is 5.58. The molecule has 4 aromatic rings. The first-order valence-electron chi connectivity index (χ1n) is 12.7. The number of H-pyrrole nitrogens is 1. The summed E-state index contributed by atoms with van der Waals surface area (Å²) in [5.74, 6) is 0.125. The number of aromatic nitrogens is 2. The van der Waals surface area contributed by atoms with Crippen molar-refractivity contribution < 1.29 is 9.53 Å². The Bertz CT molecular complexity index is 1470. The molecule has 6 rings (SSSR count). The third kappa shape index (κ3) is 4.27. The molecule has 0 amide bonds. The van der Waals surface area contributed by atoms with Crippen molar-refractivity contribution in [3.63, 3.8) is 0 Å². The summed E-state index contributed by atoms with van der Waals surface area (Å²) in [5.41, 5.74) is 5.52. The maximum absolute atomic E-state index is 13.8. The van der Waals surface area contributed by atoms with Crippen molar-refractivity contribution in [1.82, 2.24) is 9.55 Å². The highest BCUT2D eigenvalue weighted by atomic mass is 16.5. The van der Waals surface area contributed by atoms with E-state index in [0.717, 1.165) is 90.7 Å². The molecule has 35 heavy (non-hydrogen) atoms. The first kappa shape index (κ1) is 22.1. The smallest absolute Gasteiger partial charge is 0.248 e. The number of fused-ring (bicyclic) bond motifs is 2. The minimum atomic E-state index is -0.103. The molecule has 4 heterocycles. The maximum Gasteiger partial charge on any atom is 0.248 e. The van der Waals surface area contributed by atoms with Crippen LogP contribution in [0.3, 0.4) is 0 Å². The number of nitrogens with one attached hydrogen (secondary N) is 1. The van der Waals surface area contributed by atoms with E-state index in [4.69, 9.17) is 4.74 Å². The lowest BCUT2D eigenvalue weighted by atomic mass is 9.98. The van der Waals surface area contributed by atoms with E-state index in [1.54, 1.807) is 6.07 Å². The number of rotatable bonds is 6. The third-order valence-corrected chi connectivity index (χ3v) is 7.54. The van der Waals surface area contributed by atoms with Gasteiger partial charge < -0.3 is 19.2 Å². The zero-order chi connectivity index (χ0) is 23.9. The van der Waals surface area contributed by atoms with Crippen molar-refractivity contribution in [3.05, 3.63) is 75.7 Å². The molecule has 0 spiro atoms. The Hall–Kier alpha value is -3.38. The molecule has 2 aromatic heterocycles. The van der Waals surface area contributed by atoms with E-state index < -0.39 is 0 Å². The number of pyridine rings is 1. The largest absolute Gasteiger partial charge is 0.376 e. The Balaban J connectivity index is 1.37. The number of aryl methyl sites for hydroxylation is 1. The molecule has 2 saturated heterocycles. The fourth-order valence-corrected chi connectivity index (χ4v) is 5.70. The molecular weight excluding hydrogens is 438 g/mol. The molecule has 0 saturated carbocycles. The monoisotopic (exact) mass is 469 g/mol. The molecule has 2 aliphatic rings. The number of hydrogen-bond acceptors (Lipinski definition) is 4. The summed E-state index contributed by atoms with van der Waals surface area (Å²) >= 11 is 0. The third-order valence-electron chi connectivity index (χ3n) is 7.54. The quantitative estimate of drug-likeness (QED) is 0.404. The van der Waals surface area contributed by atoms with E-state index in [-0.39, 0.29) is 17.4 Å². The van der Waals surface area contributed by atoms with Gasteiger partial charge in [-0.3, -0.25) is 9.59 Å². The Labute approximate surface area is 204 Å². The molecule has 0 radical (unpaired) electrons. The van der Waals surface area contributed by atoms with Crippen molar-refractivity contribution >= 4 is 33.3 Å². The number of anilines is 1. The molecule has 2 fully saturated rings. The van der Waals surface area contributed by atoms with Crippen LogP contribution in [-0.4, -0.2) is 41.1 Å². The average Bonchev–Trinajstić information content (AvgIpc) is 3.62. The number of aromatic amines is 1. The predicted molar refractivity (Wildman–Crippen MR) is 140 cm³/mol. The Morgan fingerprint density at radius 1 is 1.09 bits per heavy atom. The summed E-state index contributed by atoms with van der Waals surface area (Å²) in [6, 6.07) is 14.0. The second-order valence-electron chi connectivity index (χ2n) is 10.0. The van der Waals surface area contributed by atoms with Crippen LogP contribution in [0.4, 0.5) is 5.69 Å². The number of ketones is 1. The summed E-state index contributed by atoms with van der Waals surface area (Å²) in [7, 11) is 0. The minimum absolute atomic E-state index is 0.103. The molecule has 1 unspecified atom stereocenters. The molecule has 2 aromatic carbocycles. The molecule has 180 valence electrons. The number of carbonyl (C=O) groups is 1. The van der Waals surface area contributed by atoms with Crippen molar-refractivity contribution in [3.8, 4) is 0 Å². The normalized spacial score (nSPS) is 18.2. The Kier molecular flexibility index (Phi) is 5.69. The van der Waals surface area contributed by atoms with E-state index in [0.29, 0.717) is 6.42 Å². The van der Waals surface area contributed by atoms with Crippen molar-refractivity contribution in [2.75, 3.05) is 24.6 Å². The Morgan fingerprint density at radius 2 is 1.94 bits per heavy atom. The van der Waals surface area contributed by atoms with Gasteiger partial charge in [-0.1, -0.05) is 6.07 Å². The van der Waals surface area contributed by atoms with E-state index >= 15 is 0 Å². The molecule has 1 atom stereocenters. The average molecular weight is 470 g/mol. The van der Waals surface area contributed by atoms with Crippen molar-refractivity contribution in [2.24, 2.45) is 0 Å². The van der Waals surface area contributed by atoms with E-state index in [1.807, 2.05) is 25.1 Å². The highest BCUT2D eigenvalue weighted by Gasteiger charge is 2.23. The molecule has 0 aliphatic carbocycles. The number of benzene rings is 2. The highest BCUT2D eigenvalue weighted by molar-refractivity contribution is 6.06. The summed E-state index contributed by atoms with van der Waals surface area (Å²) in [5, 5.41) is 2.15. The van der Waals surface area contributed by atoms with E-state index in [9.17, 15) is 9.59 Å². The van der Waals surface area contributed by atoms with Gasteiger partial charge in [0.2, 0.25) is 5.56 Å². The minimum Gasteiger partial charge on any atom is -0.376 e. The SMILES string of the molecule is Cc1cc(=O)[nH]c2ccc(CC(=O)c3cc4c(ccn4CC4CCCO4)cc3N3CCCC3)cc12. The van der Waals surface area contributed by atoms with Crippen LogP contribution in [0, 0.1) is 6.92 Å². The molecule has 6 heteroatoms. The van der Waals surface area contributed by atoms with Gasteiger partial charge >= 0.3 is 0 Å². The maximum atomic E-state index is 13.8. The van der Waals surface area contributed by atoms with Crippen LogP contribution in [0.25, 0.3) is 21.8 Å². The fourth-order valence-electron chi connectivity index (χ4n) is 5.70. The lowest BCUT2D eigenvalue weighted by Crippen LogP contribution is -2.21. The number of carbonyl (C=O) groups excluding carboxylic acids is 1. The Morgan fingerprint density at radius 3 is 2.74 bits per heavy atom. The van der Waals surface area contributed by atoms with Crippen LogP contribution < -0.4 is 10.5 Å². The summed E-state index contributed by atoms with van der Waals surface area (Å²) in [4.78, 5) is 30.8. The number of Topliss-reactive ketones (excluding diaryl/α,β-unsaturated/α-hetero) is 1. The van der Waals surface area contributed by atoms with Crippen molar-refractivity contribution in [1.29, 1.82) is 0 Å². The van der Waals surface area contributed by atoms with Gasteiger partial charge in [-0.2, -0.15) is 0 Å². The van der Waals surface area contributed by atoms with Gasteiger partial charge in [0.1, 0.15) is 0 Å². The van der Waals surface area contributed by atoms with Gasteiger partial charge in [0, 0.05) is 78.0 Å². The van der Waals surface area contributed by atoms with Crippen LogP contribution >= 0.6 is 0 Å². The topological polar surface area (TPSA) is 67.3 Å². The molecule has 0 bridgehead atoms. The van der Waals surface area contributed by atoms with Crippen LogP contribution in [0.5, 0.6) is 0 Å². The first-order chi connectivity index (χ1) is 17.0. The number of hydrogen-bond donors (Lipinski definition) is 1. The molecule has 2 aliphatic heterocycles. The zero-order valence-corrected chi connectivity index (χ0v) is 20.2. The molecular formula is C29H31N3O3. The van der Waals surface area contributed by atoms with Gasteiger partial charge in [-0.15, -0.1) is 0 Å². The lowest BCUT2D eigenvalue weighted by Gasteiger charge is -2.22. The van der Waals surface area contributed by atoms with Gasteiger partial charge in [-0.25, -0.2) is 0 Å². The fraction of sp³-hybridized carbons (Fsp3) is 0.379. The summed E-state index contributed by atoms with van der Waals surface area (Å²) < 4.78 is 8.11. The van der Waals surface area contributed by atoms with Crippen LogP contribution in [0.15, 0.2) is 53.5 Å². The van der Waals surface area contributed by atoms with Gasteiger partial charge in [0.05, 0.1) is 6.10 Å². The van der Waals surface area contributed by atoms with Gasteiger partial charge in [-0.05, 0) is 74.1 Å². The van der Waals surface area contributed by atoms with E-state index in [1.165, 1.54) is 5.39 Å². The molecule has 6 nitrogen and oxygen atoms in total. The number of nitrogens with zero attached hydrogens (tertiary/aromatic N) is 2. The predicted octanol–water partition coefficient (Wildman–Crippen LogP) is 5.00. The zero-order valence-electron chi connectivity index (χ0n) is 20.2. The van der Waals surface area contributed by atoms with Crippen LogP contribution in [0.1, 0.15) is 47.2 Å². The standard InChI is InChI=1S/C29H31N3O3/c1-19-13-29(34)30-25-7-6-20(14-23(19)25)15-28(33)24-17-26-21(16-27(24)31-9-2-3-10-31)8-11-32(26)18-22-5-4-12-35-22/h6-8,11,13-14,16-17,22H,2-5,9-10,12,15,18H2,1H3,(H,30,34). The second-order valence-corrected chi connectivity index (χ2v) is 10.0. The second kappa shape index (κ2) is 9.00. The van der Waals surface area contributed by atoms with Crippen LogP contribution in [0.2, 0.25) is 0 Å².